The monoisotopic (exact) mass is 524 g/mol. The van der Waals surface area contributed by atoms with Gasteiger partial charge in [-0.05, 0) is 43.7 Å². The maximum atomic E-state index is 13.1. The van der Waals surface area contributed by atoms with E-state index >= 15 is 0 Å². The van der Waals surface area contributed by atoms with Gasteiger partial charge in [-0.1, -0.05) is 40.2 Å². The van der Waals surface area contributed by atoms with Crippen molar-refractivity contribution in [1.82, 2.24) is 9.88 Å². The maximum Gasteiger partial charge on any atom is 0.295 e. The lowest BCUT2D eigenvalue weighted by atomic mass is 9.95. The number of imidazole rings is 1. The Morgan fingerprint density at radius 2 is 1.85 bits per heavy atom. The molecule has 1 fully saturated rings. The highest BCUT2D eigenvalue weighted by Gasteiger charge is 2.45. The predicted molar refractivity (Wildman–Crippen MR) is 131 cm³/mol. The van der Waals surface area contributed by atoms with Crippen molar-refractivity contribution in [3.8, 4) is 5.75 Å². The fourth-order valence-corrected chi connectivity index (χ4v) is 4.37. The Bertz CT molecular complexity index is 1190. The number of hydrogen-bond donors (Lipinski definition) is 2. The highest BCUT2D eigenvalue weighted by molar-refractivity contribution is 9.10. The van der Waals surface area contributed by atoms with Crippen molar-refractivity contribution in [2.45, 2.75) is 39.0 Å². The highest BCUT2D eigenvalue weighted by atomic mass is 79.9. The summed E-state index contributed by atoms with van der Waals surface area (Å²) >= 11 is 3.38. The van der Waals surface area contributed by atoms with Crippen LogP contribution in [0.4, 0.5) is 0 Å². The Balaban J connectivity index is 1.71. The number of carbonyl (C=O) groups excluding carboxylic acids is 2. The van der Waals surface area contributed by atoms with E-state index in [9.17, 15) is 14.7 Å². The van der Waals surface area contributed by atoms with E-state index in [4.69, 9.17) is 4.74 Å². The number of nitrogens with one attached hydrogen (secondary N) is 1. The van der Waals surface area contributed by atoms with Gasteiger partial charge in [0.15, 0.2) is 0 Å². The van der Waals surface area contributed by atoms with E-state index in [-0.39, 0.29) is 17.4 Å². The van der Waals surface area contributed by atoms with Gasteiger partial charge in [0.25, 0.3) is 11.7 Å². The van der Waals surface area contributed by atoms with Crippen molar-refractivity contribution in [3.63, 3.8) is 0 Å². The number of aromatic amines is 1. The summed E-state index contributed by atoms with van der Waals surface area (Å²) in [7, 11) is 0. The van der Waals surface area contributed by atoms with Gasteiger partial charge in [0.2, 0.25) is 6.33 Å². The zero-order valence-electron chi connectivity index (χ0n) is 19.1. The molecule has 4 rings (SSSR count). The second-order valence-corrected chi connectivity index (χ2v) is 9.35. The first-order valence-electron chi connectivity index (χ1n) is 11.2. The van der Waals surface area contributed by atoms with Crippen molar-refractivity contribution in [2.75, 3.05) is 6.54 Å². The number of rotatable bonds is 8. The molecule has 1 aliphatic rings. The number of ketones is 1. The minimum Gasteiger partial charge on any atom is -0.507 e. The molecule has 2 aromatic carbocycles. The molecule has 0 saturated carbocycles. The molecule has 1 amide bonds. The fraction of sp³-hybridized carbons (Fsp3) is 0.269. The molecule has 1 saturated heterocycles. The van der Waals surface area contributed by atoms with Gasteiger partial charge in [0, 0.05) is 23.0 Å². The first-order chi connectivity index (χ1) is 16.3. The van der Waals surface area contributed by atoms with Gasteiger partial charge in [-0.25, -0.2) is 4.57 Å². The third-order valence-electron chi connectivity index (χ3n) is 5.64. The molecule has 0 radical (unpaired) electrons. The standard InChI is InChI=1S/C26H26BrN3O4/c1-17(2)34-21-10-6-18(7-11-21)23-22(24(31)19-4-8-20(27)9-5-19)25(32)26(33)30(23)14-3-13-29-15-12-28-16-29/h4-12,15-17,23H,3,13-14H2,1-2H3,(H,31,32)/p+1. The van der Waals surface area contributed by atoms with Crippen LogP contribution in [0.15, 0.2) is 77.3 Å². The van der Waals surface area contributed by atoms with E-state index < -0.39 is 17.7 Å². The first-order valence-corrected chi connectivity index (χ1v) is 12.0. The van der Waals surface area contributed by atoms with Crippen LogP contribution in [0, 0.1) is 0 Å². The van der Waals surface area contributed by atoms with E-state index in [0.29, 0.717) is 30.8 Å². The lowest BCUT2D eigenvalue weighted by Crippen LogP contribution is -2.36. The van der Waals surface area contributed by atoms with Crippen LogP contribution in [0.1, 0.15) is 37.4 Å². The summed E-state index contributed by atoms with van der Waals surface area (Å²) in [6.07, 6.45) is 6.25. The van der Waals surface area contributed by atoms with E-state index in [1.165, 1.54) is 0 Å². The maximum absolute atomic E-state index is 13.1. The number of amides is 1. The minimum atomic E-state index is -0.687. The lowest BCUT2D eigenvalue weighted by Gasteiger charge is -2.25. The van der Waals surface area contributed by atoms with Crippen molar-refractivity contribution < 1.29 is 24.0 Å². The molecule has 7 nitrogen and oxygen atoms in total. The number of benzene rings is 2. The fourth-order valence-electron chi connectivity index (χ4n) is 4.10. The number of nitrogens with zero attached hydrogens (tertiary/aromatic N) is 2. The summed E-state index contributed by atoms with van der Waals surface area (Å²) < 4.78 is 8.57. The Kier molecular flexibility index (Phi) is 7.17. The quantitative estimate of drug-likeness (QED) is 0.198. The topological polar surface area (TPSA) is 86.5 Å². The lowest BCUT2D eigenvalue weighted by molar-refractivity contribution is -0.695. The number of aromatic nitrogens is 2. The predicted octanol–water partition coefficient (Wildman–Crippen LogP) is 4.36. The van der Waals surface area contributed by atoms with Gasteiger partial charge >= 0.3 is 0 Å². The largest absolute Gasteiger partial charge is 0.507 e. The number of likely N-dealkylation sites (tertiary alicyclic amines) is 1. The smallest absolute Gasteiger partial charge is 0.295 e. The Morgan fingerprint density at radius 3 is 2.47 bits per heavy atom. The third-order valence-corrected chi connectivity index (χ3v) is 6.17. The van der Waals surface area contributed by atoms with Crippen LogP contribution in [-0.4, -0.2) is 39.3 Å². The van der Waals surface area contributed by atoms with Crippen LogP contribution in [0.5, 0.6) is 5.75 Å². The average molecular weight is 525 g/mol. The number of Topliss-reactive ketones (excluding diaryl/α,β-unsaturated/α-hetero) is 1. The molecule has 1 aliphatic heterocycles. The minimum absolute atomic E-state index is 0.0276. The molecule has 0 spiro atoms. The number of H-pyrrole nitrogens is 1. The van der Waals surface area contributed by atoms with Crippen LogP contribution in [0.25, 0.3) is 5.76 Å². The number of ether oxygens (including phenoxy) is 1. The van der Waals surface area contributed by atoms with Gasteiger partial charge < -0.3 is 14.7 Å². The molecule has 1 atom stereocenters. The van der Waals surface area contributed by atoms with Crippen molar-refractivity contribution in [3.05, 3.63) is 88.4 Å². The Hall–Kier alpha value is -3.39. The molecule has 1 aromatic heterocycles. The Labute approximate surface area is 206 Å². The number of carbonyl (C=O) groups is 2. The van der Waals surface area contributed by atoms with E-state index in [1.54, 1.807) is 29.2 Å². The molecule has 0 aliphatic carbocycles. The zero-order chi connectivity index (χ0) is 24.2. The van der Waals surface area contributed by atoms with Crippen LogP contribution >= 0.6 is 15.9 Å². The van der Waals surface area contributed by atoms with Crippen LogP contribution in [0.3, 0.4) is 0 Å². The van der Waals surface area contributed by atoms with Crippen molar-refractivity contribution >= 4 is 33.4 Å². The molecule has 2 heterocycles. The van der Waals surface area contributed by atoms with Gasteiger partial charge in [-0.15, -0.1) is 0 Å². The SMILES string of the molecule is CC(C)Oc1ccc(C2/C(=C(\O)c3ccc(Br)cc3)C(=O)C(=O)N2CCC[n+]2cc[nH]c2)cc1. The van der Waals surface area contributed by atoms with E-state index in [1.807, 2.05) is 61.4 Å². The summed E-state index contributed by atoms with van der Waals surface area (Å²) in [5.74, 6) is -0.763. The summed E-state index contributed by atoms with van der Waals surface area (Å²) in [5.41, 5.74) is 1.32. The number of aliphatic hydroxyl groups excluding tert-OH is 1. The summed E-state index contributed by atoms with van der Waals surface area (Å²) in [4.78, 5) is 30.8. The summed E-state index contributed by atoms with van der Waals surface area (Å²) in [5, 5.41) is 11.1. The van der Waals surface area contributed by atoms with Crippen LogP contribution in [0.2, 0.25) is 0 Å². The van der Waals surface area contributed by atoms with Crippen molar-refractivity contribution in [2.24, 2.45) is 0 Å². The molecule has 3 aromatic rings. The normalized spacial score (nSPS) is 17.5. The van der Waals surface area contributed by atoms with Crippen LogP contribution < -0.4 is 9.30 Å². The second kappa shape index (κ2) is 10.3. The third kappa shape index (κ3) is 5.07. The number of hydrogen-bond acceptors (Lipinski definition) is 4. The second-order valence-electron chi connectivity index (χ2n) is 8.44. The Morgan fingerprint density at radius 1 is 1.15 bits per heavy atom. The number of aryl methyl sites for hydroxylation is 1. The zero-order valence-corrected chi connectivity index (χ0v) is 20.7. The molecule has 8 heteroatoms. The molecular formula is C26H27BrN3O4+. The van der Waals surface area contributed by atoms with Crippen LogP contribution in [-0.2, 0) is 16.1 Å². The van der Waals surface area contributed by atoms with Gasteiger partial charge in [-0.3, -0.25) is 14.6 Å². The summed E-state index contributed by atoms with van der Waals surface area (Å²) in [6.45, 7) is 4.95. The molecule has 2 N–H and O–H groups in total. The van der Waals surface area contributed by atoms with E-state index in [2.05, 4.69) is 20.9 Å². The first kappa shape index (κ1) is 23.8. The van der Waals surface area contributed by atoms with Gasteiger partial charge in [0.1, 0.15) is 23.9 Å². The molecular weight excluding hydrogens is 498 g/mol. The molecule has 0 bridgehead atoms. The number of halogens is 1. The van der Waals surface area contributed by atoms with Gasteiger partial charge in [0.05, 0.1) is 24.3 Å². The number of aliphatic hydroxyl groups is 1. The highest BCUT2D eigenvalue weighted by Crippen LogP contribution is 2.40. The molecule has 1 unspecified atom stereocenters. The average Bonchev–Trinajstić information content (AvgIpc) is 3.42. The van der Waals surface area contributed by atoms with Crippen molar-refractivity contribution in [1.29, 1.82) is 0 Å². The summed E-state index contributed by atoms with van der Waals surface area (Å²) in [6, 6.07) is 13.6. The van der Waals surface area contributed by atoms with Gasteiger partial charge in [-0.2, -0.15) is 0 Å². The molecule has 34 heavy (non-hydrogen) atoms. The van der Waals surface area contributed by atoms with E-state index in [0.717, 1.165) is 10.0 Å². The molecule has 176 valence electrons.